The number of halogens is 1. The third-order valence-corrected chi connectivity index (χ3v) is 3.61. The first kappa shape index (κ1) is 16.2. The molecule has 0 spiro atoms. The van der Waals surface area contributed by atoms with Gasteiger partial charge in [-0.15, -0.1) is 23.7 Å². The molecule has 0 unspecified atom stereocenters. The van der Waals surface area contributed by atoms with Crippen LogP contribution in [0.1, 0.15) is 5.69 Å². The number of hydrogen-bond donors (Lipinski definition) is 1. The molecule has 4 nitrogen and oxygen atoms in total. The Morgan fingerprint density at radius 1 is 1.47 bits per heavy atom. The zero-order chi connectivity index (χ0) is 12.8. The molecule has 0 atom stereocenters. The zero-order valence-electron chi connectivity index (χ0n) is 10.5. The van der Waals surface area contributed by atoms with Gasteiger partial charge in [0.15, 0.2) is 5.13 Å². The molecule has 0 saturated carbocycles. The van der Waals surface area contributed by atoms with Gasteiger partial charge in [-0.1, -0.05) is 0 Å². The van der Waals surface area contributed by atoms with Crippen molar-refractivity contribution in [1.82, 2.24) is 9.97 Å². The molecule has 0 aliphatic heterocycles. The molecule has 0 aliphatic carbocycles. The highest BCUT2D eigenvalue weighted by Crippen LogP contribution is 2.25. The number of nitrogen functional groups attached to an aromatic ring is 1. The third kappa shape index (κ3) is 4.65. The Kier molecular flexibility index (Phi) is 7.15. The predicted molar refractivity (Wildman–Crippen MR) is 85.0 cm³/mol. The van der Waals surface area contributed by atoms with Gasteiger partial charge in [-0.3, -0.25) is 4.98 Å². The Labute approximate surface area is 127 Å². The molecular weight excluding hydrogens is 302 g/mol. The Hall–Kier alpha value is -0.820. The number of ether oxygens (including phenoxy) is 1. The lowest BCUT2D eigenvalue weighted by Gasteiger charge is -2.06. The monoisotopic (exact) mass is 317 g/mol. The minimum atomic E-state index is 0. The highest BCUT2D eigenvalue weighted by atomic mass is 35.5. The van der Waals surface area contributed by atoms with Crippen molar-refractivity contribution < 1.29 is 4.74 Å². The zero-order valence-corrected chi connectivity index (χ0v) is 13.0. The van der Waals surface area contributed by atoms with Crippen molar-refractivity contribution >= 4 is 40.6 Å². The Bertz CT molecular complexity index is 507. The molecule has 0 radical (unpaired) electrons. The quantitative estimate of drug-likeness (QED) is 0.830. The van der Waals surface area contributed by atoms with Crippen LogP contribution in [0.15, 0.2) is 23.7 Å². The van der Waals surface area contributed by atoms with E-state index in [2.05, 4.69) is 16.2 Å². The number of anilines is 1. The van der Waals surface area contributed by atoms with Crippen LogP contribution in [-0.2, 0) is 11.3 Å². The van der Waals surface area contributed by atoms with E-state index in [1.807, 2.05) is 17.5 Å². The maximum Gasteiger partial charge on any atom is 0.180 e. The molecule has 0 amide bonds. The van der Waals surface area contributed by atoms with Crippen LogP contribution in [0.5, 0.6) is 0 Å². The van der Waals surface area contributed by atoms with E-state index < -0.39 is 0 Å². The molecule has 2 rings (SSSR count). The summed E-state index contributed by atoms with van der Waals surface area (Å²) in [6.07, 6.45) is 3.83. The molecular formula is C12H16ClN3OS2. The van der Waals surface area contributed by atoms with Gasteiger partial charge >= 0.3 is 0 Å². The summed E-state index contributed by atoms with van der Waals surface area (Å²) in [5.41, 5.74) is 8.43. The summed E-state index contributed by atoms with van der Waals surface area (Å²) in [7, 11) is 0. The SMILES string of the molecule is CSCCOCc1ncccc1-c1csc(N)n1.Cl. The maximum absolute atomic E-state index is 5.66. The van der Waals surface area contributed by atoms with E-state index >= 15 is 0 Å². The van der Waals surface area contributed by atoms with E-state index in [0.29, 0.717) is 11.7 Å². The van der Waals surface area contributed by atoms with Crippen LogP contribution in [0.25, 0.3) is 11.3 Å². The van der Waals surface area contributed by atoms with Gasteiger partial charge in [0.05, 0.1) is 24.6 Å². The van der Waals surface area contributed by atoms with Crippen molar-refractivity contribution in [1.29, 1.82) is 0 Å². The summed E-state index contributed by atoms with van der Waals surface area (Å²) in [4.78, 5) is 8.64. The fourth-order valence-corrected chi connectivity index (χ4v) is 2.36. The molecule has 7 heteroatoms. The van der Waals surface area contributed by atoms with Crippen molar-refractivity contribution in [3.05, 3.63) is 29.4 Å². The summed E-state index contributed by atoms with van der Waals surface area (Å²) in [6, 6.07) is 3.89. The van der Waals surface area contributed by atoms with E-state index in [1.54, 1.807) is 18.0 Å². The fourth-order valence-electron chi connectivity index (χ4n) is 1.51. The lowest BCUT2D eigenvalue weighted by atomic mass is 10.1. The number of hydrogen-bond acceptors (Lipinski definition) is 6. The van der Waals surface area contributed by atoms with Crippen LogP contribution in [-0.4, -0.2) is 28.6 Å². The van der Waals surface area contributed by atoms with E-state index in [9.17, 15) is 0 Å². The molecule has 19 heavy (non-hydrogen) atoms. The van der Waals surface area contributed by atoms with Gasteiger partial charge in [0, 0.05) is 22.9 Å². The molecule has 0 bridgehead atoms. The van der Waals surface area contributed by atoms with Crippen LogP contribution in [0.2, 0.25) is 0 Å². The van der Waals surface area contributed by atoms with Crippen molar-refractivity contribution in [2.75, 3.05) is 24.3 Å². The van der Waals surface area contributed by atoms with Gasteiger partial charge in [-0.25, -0.2) is 4.98 Å². The Morgan fingerprint density at radius 3 is 3.00 bits per heavy atom. The first-order chi connectivity index (χ1) is 8.81. The fraction of sp³-hybridized carbons (Fsp3) is 0.333. The first-order valence-corrected chi connectivity index (χ1v) is 7.80. The predicted octanol–water partition coefficient (Wildman–Crippen LogP) is 3.09. The highest BCUT2D eigenvalue weighted by molar-refractivity contribution is 7.98. The van der Waals surface area contributed by atoms with Crippen molar-refractivity contribution in [2.24, 2.45) is 0 Å². The van der Waals surface area contributed by atoms with Gasteiger partial charge in [0.1, 0.15) is 0 Å². The van der Waals surface area contributed by atoms with Crippen LogP contribution >= 0.6 is 35.5 Å². The lowest BCUT2D eigenvalue weighted by Crippen LogP contribution is -2.01. The number of thioether (sulfide) groups is 1. The minimum absolute atomic E-state index is 0. The first-order valence-electron chi connectivity index (χ1n) is 5.53. The van der Waals surface area contributed by atoms with E-state index in [0.717, 1.165) is 29.3 Å². The third-order valence-electron chi connectivity index (χ3n) is 2.36. The topological polar surface area (TPSA) is 61.0 Å². The second-order valence-electron chi connectivity index (χ2n) is 3.61. The summed E-state index contributed by atoms with van der Waals surface area (Å²) >= 11 is 3.20. The van der Waals surface area contributed by atoms with Crippen molar-refractivity contribution in [3.8, 4) is 11.3 Å². The second kappa shape index (κ2) is 8.37. The van der Waals surface area contributed by atoms with Crippen LogP contribution in [0.3, 0.4) is 0 Å². The number of nitrogens with zero attached hydrogens (tertiary/aromatic N) is 2. The van der Waals surface area contributed by atoms with Gasteiger partial charge in [0.25, 0.3) is 0 Å². The average Bonchev–Trinajstić information content (AvgIpc) is 2.82. The Balaban J connectivity index is 0.00000180. The van der Waals surface area contributed by atoms with E-state index in [1.165, 1.54) is 11.3 Å². The summed E-state index contributed by atoms with van der Waals surface area (Å²) in [6.45, 7) is 1.24. The van der Waals surface area contributed by atoms with Gasteiger partial charge in [-0.2, -0.15) is 11.8 Å². The number of rotatable bonds is 6. The maximum atomic E-state index is 5.66. The summed E-state index contributed by atoms with van der Waals surface area (Å²) in [5.74, 6) is 0.992. The molecule has 2 heterocycles. The number of aromatic nitrogens is 2. The highest BCUT2D eigenvalue weighted by Gasteiger charge is 2.09. The standard InChI is InChI=1S/C12H15N3OS2.ClH/c1-17-6-5-16-7-10-9(3-2-4-14-10)11-8-18-12(13)15-11;/h2-4,8H,5-7H2,1H3,(H2,13,15);1H. The van der Waals surface area contributed by atoms with E-state index in [-0.39, 0.29) is 12.4 Å². The molecule has 2 aromatic rings. The van der Waals surface area contributed by atoms with Crippen LogP contribution in [0.4, 0.5) is 5.13 Å². The average molecular weight is 318 g/mol. The number of pyridine rings is 1. The minimum Gasteiger partial charge on any atom is -0.375 e. The number of thiazole rings is 1. The normalized spacial score (nSPS) is 10.2. The summed E-state index contributed by atoms with van der Waals surface area (Å²) in [5, 5.41) is 2.51. The second-order valence-corrected chi connectivity index (χ2v) is 5.49. The molecule has 0 fully saturated rings. The van der Waals surface area contributed by atoms with Gasteiger partial charge in [0.2, 0.25) is 0 Å². The van der Waals surface area contributed by atoms with Gasteiger partial charge < -0.3 is 10.5 Å². The number of nitrogens with two attached hydrogens (primary N) is 1. The molecule has 104 valence electrons. The van der Waals surface area contributed by atoms with Crippen LogP contribution < -0.4 is 5.73 Å². The molecule has 2 aromatic heterocycles. The Morgan fingerprint density at radius 2 is 2.32 bits per heavy atom. The lowest BCUT2D eigenvalue weighted by molar-refractivity contribution is 0.134. The largest absolute Gasteiger partial charge is 0.375 e. The summed E-state index contributed by atoms with van der Waals surface area (Å²) < 4.78 is 5.59. The molecule has 0 saturated heterocycles. The van der Waals surface area contributed by atoms with E-state index in [4.69, 9.17) is 10.5 Å². The van der Waals surface area contributed by atoms with Gasteiger partial charge in [-0.05, 0) is 18.4 Å². The molecule has 2 N–H and O–H groups in total. The van der Waals surface area contributed by atoms with Crippen LogP contribution in [0, 0.1) is 0 Å². The smallest absolute Gasteiger partial charge is 0.180 e. The molecule has 0 aromatic carbocycles. The molecule has 0 aliphatic rings. The van der Waals surface area contributed by atoms with Crippen molar-refractivity contribution in [2.45, 2.75) is 6.61 Å². The van der Waals surface area contributed by atoms with Crippen molar-refractivity contribution in [3.63, 3.8) is 0 Å².